The van der Waals surface area contributed by atoms with E-state index < -0.39 is 30.6 Å². The van der Waals surface area contributed by atoms with Crippen molar-refractivity contribution in [2.75, 3.05) is 18.1 Å². The molecule has 0 amide bonds. The molecular weight excluding hydrogens is 280 g/mol. The molecule has 10 heteroatoms. The van der Waals surface area contributed by atoms with Crippen LogP contribution < -0.4 is 11.5 Å². The molecule has 1 aliphatic rings. The van der Waals surface area contributed by atoms with E-state index in [0.717, 1.165) is 0 Å². The lowest BCUT2D eigenvalue weighted by molar-refractivity contribution is -0.0950. The normalized spacial score (nSPS) is 32.9. The number of aliphatic hydroxyl groups is 3. The summed E-state index contributed by atoms with van der Waals surface area (Å²) in [5, 5.41) is 29.7. The van der Waals surface area contributed by atoms with E-state index in [0.29, 0.717) is 5.52 Å². The van der Waals surface area contributed by atoms with E-state index in [4.69, 9.17) is 16.2 Å². The van der Waals surface area contributed by atoms with Gasteiger partial charge >= 0.3 is 0 Å². The summed E-state index contributed by atoms with van der Waals surface area (Å²) >= 11 is 0. The SMILES string of the molecule is C[C@]1(O)C(O)[C@@H](CO)O[C@H]1n1cnc2c(N)nc(N)nc21. The van der Waals surface area contributed by atoms with Crippen LogP contribution in [0.5, 0.6) is 0 Å². The first-order valence-electron chi connectivity index (χ1n) is 6.28. The summed E-state index contributed by atoms with van der Waals surface area (Å²) in [6.45, 7) is 0.970. The number of ether oxygens (including phenoxy) is 1. The molecule has 0 aliphatic carbocycles. The molecule has 1 saturated heterocycles. The van der Waals surface area contributed by atoms with E-state index in [1.807, 2.05) is 0 Å². The highest BCUT2D eigenvalue weighted by atomic mass is 16.6. The quantitative estimate of drug-likeness (QED) is 0.421. The highest BCUT2D eigenvalue weighted by Gasteiger charge is 2.53. The standard InChI is InChI=1S/C11H16N6O4/c1-11(20)6(19)4(2-18)21-9(11)17-3-14-5-7(12)15-10(13)16-8(5)17/h3-4,6,9,18-20H,2H2,1H3,(H4,12,13,15,16)/t4-,6?,9-,11+/m1/s1. The largest absolute Gasteiger partial charge is 0.394 e. The number of nitrogens with zero attached hydrogens (tertiary/aromatic N) is 4. The van der Waals surface area contributed by atoms with Gasteiger partial charge in [0.2, 0.25) is 5.95 Å². The predicted octanol–water partition coefficient (Wildman–Crippen LogP) is -2.01. The van der Waals surface area contributed by atoms with E-state index >= 15 is 0 Å². The number of anilines is 2. The second-order valence-corrected chi connectivity index (χ2v) is 5.17. The second-order valence-electron chi connectivity index (χ2n) is 5.17. The predicted molar refractivity (Wildman–Crippen MR) is 71.8 cm³/mol. The maximum atomic E-state index is 10.5. The molecular formula is C11H16N6O4. The average molecular weight is 296 g/mol. The number of imidazole rings is 1. The molecule has 2 aromatic rings. The molecule has 21 heavy (non-hydrogen) atoms. The summed E-state index contributed by atoms with van der Waals surface area (Å²) in [7, 11) is 0. The molecule has 3 rings (SSSR count). The Kier molecular flexibility index (Phi) is 2.99. The van der Waals surface area contributed by atoms with E-state index in [1.54, 1.807) is 0 Å². The monoisotopic (exact) mass is 296 g/mol. The number of hydrogen-bond donors (Lipinski definition) is 5. The van der Waals surface area contributed by atoms with Crippen LogP contribution in [-0.4, -0.2) is 59.3 Å². The van der Waals surface area contributed by atoms with Crippen LogP contribution in [0.2, 0.25) is 0 Å². The van der Waals surface area contributed by atoms with E-state index in [2.05, 4.69) is 15.0 Å². The number of nitrogen functional groups attached to an aromatic ring is 2. The van der Waals surface area contributed by atoms with E-state index in [1.165, 1.54) is 17.8 Å². The zero-order chi connectivity index (χ0) is 15.4. The minimum absolute atomic E-state index is 0.0429. The number of fused-ring (bicyclic) bond motifs is 1. The van der Waals surface area contributed by atoms with Gasteiger partial charge in [0.1, 0.15) is 23.3 Å². The fraction of sp³-hybridized carbons (Fsp3) is 0.545. The van der Waals surface area contributed by atoms with Gasteiger partial charge in [-0.3, -0.25) is 4.57 Å². The molecule has 1 unspecified atom stereocenters. The van der Waals surface area contributed by atoms with Crippen LogP contribution in [0, 0.1) is 0 Å². The van der Waals surface area contributed by atoms with Crippen molar-refractivity contribution in [1.82, 2.24) is 19.5 Å². The zero-order valence-electron chi connectivity index (χ0n) is 11.2. The number of hydrogen-bond acceptors (Lipinski definition) is 9. The summed E-state index contributed by atoms with van der Waals surface area (Å²) in [5.41, 5.74) is 10.2. The van der Waals surface area contributed by atoms with Gasteiger partial charge in [-0.05, 0) is 6.92 Å². The Morgan fingerprint density at radius 3 is 2.76 bits per heavy atom. The Morgan fingerprint density at radius 1 is 1.43 bits per heavy atom. The molecule has 0 radical (unpaired) electrons. The Morgan fingerprint density at radius 2 is 2.14 bits per heavy atom. The fourth-order valence-corrected chi connectivity index (χ4v) is 2.52. The molecule has 0 bridgehead atoms. The summed E-state index contributed by atoms with van der Waals surface area (Å²) in [5.74, 6) is 0.0618. The van der Waals surface area contributed by atoms with Gasteiger partial charge in [0, 0.05) is 0 Å². The molecule has 0 spiro atoms. The second kappa shape index (κ2) is 4.49. The van der Waals surface area contributed by atoms with E-state index in [9.17, 15) is 15.3 Å². The van der Waals surface area contributed by atoms with Crippen molar-refractivity contribution in [3.8, 4) is 0 Å². The van der Waals surface area contributed by atoms with Gasteiger partial charge in [-0.25, -0.2) is 4.98 Å². The van der Waals surface area contributed by atoms with Gasteiger partial charge in [0.15, 0.2) is 17.7 Å². The van der Waals surface area contributed by atoms with Gasteiger partial charge in [-0.15, -0.1) is 0 Å². The average Bonchev–Trinajstić information content (AvgIpc) is 2.91. The Bertz CT molecular complexity index is 687. The fourth-order valence-electron chi connectivity index (χ4n) is 2.52. The molecule has 4 atom stereocenters. The van der Waals surface area contributed by atoms with Crippen LogP contribution in [0.25, 0.3) is 11.2 Å². The molecule has 1 aliphatic heterocycles. The van der Waals surface area contributed by atoms with Crippen molar-refractivity contribution in [1.29, 1.82) is 0 Å². The summed E-state index contributed by atoms with van der Waals surface area (Å²) < 4.78 is 6.91. The lowest BCUT2D eigenvalue weighted by atomic mass is 9.96. The minimum Gasteiger partial charge on any atom is -0.394 e. The summed E-state index contributed by atoms with van der Waals surface area (Å²) in [6.07, 6.45) is -1.82. The van der Waals surface area contributed by atoms with Crippen LogP contribution in [0.3, 0.4) is 0 Å². The number of nitrogens with two attached hydrogens (primary N) is 2. The first-order chi connectivity index (χ1) is 9.86. The lowest BCUT2D eigenvalue weighted by Gasteiger charge is -2.27. The highest BCUT2D eigenvalue weighted by Crippen LogP contribution is 2.39. The highest BCUT2D eigenvalue weighted by molar-refractivity contribution is 5.82. The third-order valence-corrected chi connectivity index (χ3v) is 3.65. The molecule has 3 heterocycles. The number of aromatic nitrogens is 4. The lowest BCUT2D eigenvalue weighted by Crippen LogP contribution is -2.44. The minimum atomic E-state index is -1.64. The van der Waals surface area contributed by atoms with Crippen molar-refractivity contribution >= 4 is 22.9 Å². The van der Waals surface area contributed by atoms with Crippen molar-refractivity contribution in [3.63, 3.8) is 0 Å². The van der Waals surface area contributed by atoms with Crippen LogP contribution in [0.4, 0.5) is 11.8 Å². The van der Waals surface area contributed by atoms with Gasteiger partial charge in [-0.2, -0.15) is 9.97 Å². The van der Waals surface area contributed by atoms with Gasteiger partial charge in [0.25, 0.3) is 0 Å². The van der Waals surface area contributed by atoms with Crippen molar-refractivity contribution < 1.29 is 20.1 Å². The number of rotatable bonds is 2. The van der Waals surface area contributed by atoms with Crippen LogP contribution in [-0.2, 0) is 4.74 Å². The van der Waals surface area contributed by atoms with E-state index in [-0.39, 0.29) is 17.4 Å². The van der Waals surface area contributed by atoms with Gasteiger partial charge in [-0.1, -0.05) is 0 Å². The van der Waals surface area contributed by atoms with Gasteiger partial charge < -0.3 is 31.5 Å². The smallest absolute Gasteiger partial charge is 0.224 e. The molecule has 10 nitrogen and oxygen atoms in total. The zero-order valence-corrected chi connectivity index (χ0v) is 11.2. The van der Waals surface area contributed by atoms with Crippen LogP contribution in [0.1, 0.15) is 13.2 Å². The van der Waals surface area contributed by atoms with Crippen LogP contribution in [0.15, 0.2) is 6.33 Å². The Labute approximate surface area is 119 Å². The molecule has 7 N–H and O–H groups in total. The maximum absolute atomic E-state index is 10.5. The first-order valence-corrected chi connectivity index (χ1v) is 6.28. The van der Waals surface area contributed by atoms with Crippen molar-refractivity contribution in [2.45, 2.75) is 31.0 Å². The summed E-state index contributed by atoms with van der Waals surface area (Å²) in [6, 6.07) is 0. The summed E-state index contributed by atoms with van der Waals surface area (Å²) in [4.78, 5) is 11.9. The third kappa shape index (κ3) is 1.92. The maximum Gasteiger partial charge on any atom is 0.224 e. The molecule has 0 aromatic carbocycles. The molecule has 114 valence electrons. The topological polar surface area (TPSA) is 166 Å². The van der Waals surface area contributed by atoms with Crippen molar-refractivity contribution in [3.05, 3.63) is 6.33 Å². The molecule has 0 saturated carbocycles. The molecule has 1 fully saturated rings. The number of aliphatic hydroxyl groups excluding tert-OH is 2. The van der Waals surface area contributed by atoms with Crippen LogP contribution >= 0.6 is 0 Å². The Balaban J connectivity index is 2.13. The van der Waals surface area contributed by atoms with Crippen molar-refractivity contribution in [2.24, 2.45) is 0 Å². The first kappa shape index (κ1) is 13.9. The van der Waals surface area contributed by atoms with Gasteiger partial charge in [0.05, 0.1) is 12.9 Å². The molecule has 2 aromatic heterocycles. The third-order valence-electron chi connectivity index (χ3n) is 3.65. The Hall–Kier alpha value is -2.01.